The van der Waals surface area contributed by atoms with E-state index in [0.29, 0.717) is 5.75 Å². The minimum atomic E-state index is -0.386. The molecule has 0 aliphatic rings. The van der Waals surface area contributed by atoms with E-state index in [2.05, 4.69) is 4.98 Å². The Bertz CT molecular complexity index is 831. The molecule has 0 radical (unpaired) electrons. The van der Waals surface area contributed by atoms with Crippen molar-refractivity contribution in [1.82, 2.24) is 9.55 Å². The molecular weight excluding hydrogens is 318 g/mol. The van der Waals surface area contributed by atoms with Gasteiger partial charge in [0.15, 0.2) is 5.16 Å². The summed E-state index contributed by atoms with van der Waals surface area (Å²) in [5.74, 6) is 0.296. The van der Waals surface area contributed by atoms with Gasteiger partial charge in [-0.2, -0.15) is 0 Å². The fourth-order valence-electron chi connectivity index (χ4n) is 2.23. The van der Waals surface area contributed by atoms with E-state index in [1.165, 1.54) is 0 Å². The van der Waals surface area contributed by atoms with E-state index in [4.69, 9.17) is 17.3 Å². The quantitative estimate of drug-likeness (QED) is 0.728. The minimum Gasteiger partial charge on any atom is -0.368 e. The van der Waals surface area contributed by atoms with Crippen molar-refractivity contribution in [3.05, 3.63) is 59.1 Å². The maximum absolute atomic E-state index is 11.3. The maximum Gasteiger partial charge on any atom is 0.237 e. The largest absolute Gasteiger partial charge is 0.368 e. The highest BCUT2D eigenvalue weighted by molar-refractivity contribution is 7.98. The molecule has 0 spiro atoms. The van der Waals surface area contributed by atoms with Gasteiger partial charge in [-0.15, -0.1) is 0 Å². The fourth-order valence-corrected chi connectivity index (χ4v) is 3.53. The summed E-state index contributed by atoms with van der Waals surface area (Å²) in [5, 5.41) is 1.49. The van der Waals surface area contributed by atoms with Crippen LogP contribution in [-0.2, 0) is 17.1 Å². The predicted molar refractivity (Wildman–Crippen MR) is 89.9 cm³/mol. The van der Waals surface area contributed by atoms with Crippen molar-refractivity contribution >= 4 is 40.3 Å². The molecule has 3 rings (SSSR count). The van der Waals surface area contributed by atoms with Crippen molar-refractivity contribution in [2.45, 2.75) is 17.5 Å². The van der Waals surface area contributed by atoms with Gasteiger partial charge >= 0.3 is 0 Å². The molecule has 6 heteroatoms. The molecule has 0 unspecified atom stereocenters. The van der Waals surface area contributed by atoms with Gasteiger partial charge in [0.25, 0.3) is 0 Å². The van der Waals surface area contributed by atoms with Crippen LogP contribution in [0.4, 0.5) is 0 Å². The number of para-hydroxylation sites is 2. The molecule has 112 valence electrons. The lowest BCUT2D eigenvalue weighted by Crippen LogP contribution is -2.19. The lowest BCUT2D eigenvalue weighted by atomic mass is 10.2. The third-order valence-electron chi connectivity index (χ3n) is 3.25. The van der Waals surface area contributed by atoms with Crippen LogP contribution in [0.2, 0.25) is 5.02 Å². The van der Waals surface area contributed by atoms with Crippen LogP contribution in [0.1, 0.15) is 5.56 Å². The summed E-state index contributed by atoms with van der Waals surface area (Å²) in [6.07, 6.45) is 0. The number of thioether (sulfide) groups is 1. The monoisotopic (exact) mass is 331 g/mol. The van der Waals surface area contributed by atoms with E-state index < -0.39 is 0 Å². The Kier molecular flexibility index (Phi) is 4.36. The molecule has 1 heterocycles. The van der Waals surface area contributed by atoms with Crippen LogP contribution in [0.25, 0.3) is 11.0 Å². The van der Waals surface area contributed by atoms with Crippen LogP contribution in [0.15, 0.2) is 53.7 Å². The van der Waals surface area contributed by atoms with Crippen molar-refractivity contribution in [1.29, 1.82) is 0 Å². The molecule has 1 amide bonds. The second-order valence-electron chi connectivity index (χ2n) is 4.82. The summed E-state index contributed by atoms with van der Waals surface area (Å²) in [7, 11) is 0. The molecule has 0 aliphatic heterocycles. The number of benzene rings is 2. The van der Waals surface area contributed by atoms with Gasteiger partial charge < -0.3 is 10.3 Å². The van der Waals surface area contributed by atoms with Crippen molar-refractivity contribution in [3.8, 4) is 0 Å². The molecular formula is C16H14ClN3OS. The number of imidazole rings is 1. The number of primary amides is 1. The molecule has 0 bridgehead atoms. The molecule has 1 aromatic heterocycles. The Morgan fingerprint density at radius 1 is 1.18 bits per heavy atom. The molecule has 22 heavy (non-hydrogen) atoms. The summed E-state index contributed by atoms with van der Waals surface area (Å²) in [6.45, 7) is 0.116. The highest BCUT2D eigenvalue weighted by atomic mass is 35.5. The second kappa shape index (κ2) is 6.42. The van der Waals surface area contributed by atoms with Crippen LogP contribution in [0.3, 0.4) is 0 Å². The van der Waals surface area contributed by atoms with Crippen LogP contribution in [0.5, 0.6) is 0 Å². The Balaban J connectivity index is 1.92. The number of carbonyl (C=O) groups is 1. The van der Waals surface area contributed by atoms with Crippen LogP contribution >= 0.6 is 23.4 Å². The molecule has 0 saturated heterocycles. The molecule has 2 N–H and O–H groups in total. The average molecular weight is 332 g/mol. The van der Waals surface area contributed by atoms with E-state index in [9.17, 15) is 4.79 Å². The molecule has 4 nitrogen and oxygen atoms in total. The van der Waals surface area contributed by atoms with Gasteiger partial charge in [-0.05, 0) is 23.8 Å². The summed E-state index contributed by atoms with van der Waals surface area (Å²) in [5.41, 5.74) is 8.15. The minimum absolute atomic E-state index is 0.116. The normalized spacial score (nSPS) is 11.0. The van der Waals surface area contributed by atoms with Crippen molar-refractivity contribution in [3.63, 3.8) is 0 Å². The smallest absolute Gasteiger partial charge is 0.237 e. The molecule has 2 aromatic carbocycles. The topological polar surface area (TPSA) is 60.9 Å². The van der Waals surface area contributed by atoms with Gasteiger partial charge in [0.05, 0.1) is 11.0 Å². The van der Waals surface area contributed by atoms with Gasteiger partial charge in [0.1, 0.15) is 6.54 Å². The van der Waals surface area contributed by atoms with Gasteiger partial charge in [-0.25, -0.2) is 4.98 Å². The average Bonchev–Trinajstić information content (AvgIpc) is 2.84. The van der Waals surface area contributed by atoms with Crippen LogP contribution in [-0.4, -0.2) is 15.5 Å². The lowest BCUT2D eigenvalue weighted by molar-refractivity contribution is -0.118. The highest BCUT2D eigenvalue weighted by Crippen LogP contribution is 2.28. The van der Waals surface area contributed by atoms with E-state index >= 15 is 0 Å². The van der Waals surface area contributed by atoms with E-state index in [1.807, 2.05) is 53.1 Å². The SMILES string of the molecule is NC(=O)Cn1c(SCc2ccccc2Cl)nc2ccccc21. The number of hydrogen-bond donors (Lipinski definition) is 1. The first kappa shape index (κ1) is 14.9. The Labute approximate surface area is 137 Å². The van der Waals surface area contributed by atoms with Gasteiger partial charge in [-0.3, -0.25) is 4.79 Å². The predicted octanol–water partition coefficient (Wildman–Crippen LogP) is 3.47. The van der Waals surface area contributed by atoms with Crippen molar-refractivity contribution in [2.24, 2.45) is 5.73 Å². The number of nitrogens with zero attached hydrogens (tertiary/aromatic N) is 2. The Morgan fingerprint density at radius 3 is 2.68 bits per heavy atom. The van der Waals surface area contributed by atoms with E-state index in [1.54, 1.807) is 11.8 Å². The molecule has 0 saturated carbocycles. The molecule has 0 fully saturated rings. The Hall–Kier alpha value is -1.98. The number of hydrogen-bond acceptors (Lipinski definition) is 3. The summed E-state index contributed by atoms with van der Waals surface area (Å²) in [4.78, 5) is 15.9. The number of rotatable bonds is 5. The lowest BCUT2D eigenvalue weighted by Gasteiger charge is -2.07. The first-order chi connectivity index (χ1) is 10.6. The second-order valence-corrected chi connectivity index (χ2v) is 6.17. The van der Waals surface area contributed by atoms with Gasteiger partial charge in [0, 0.05) is 10.8 Å². The summed E-state index contributed by atoms with van der Waals surface area (Å²) in [6, 6.07) is 15.4. The molecule has 0 aliphatic carbocycles. The number of aromatic nitrogens is 2. The Morgan fingerprint density at radius 2 is 1.91 bits per heavy atom. The van der Waals surface area contributed by atoms with Gasteiger partial charge in [-0.1, -0.05) is 53.7 Å². The number of fused-ring (bicyclic) bond motifs is 1. The molecule has 0 atom stereocenters. The van der Waals surface area contributed by atoms with Crippen molar-refractivity contribution < 1.29 is 4.79 Å². The fraction of sp³-hybridized carbons (Fsp3) is 0.125. The first-order valence-electron chi connectivity index (χ1n) is 6.75. The maximum atomic E-state index is 11.3. The molecule has 3 aromatic rings. The van der Waals surface area contributed by atoms with E-state index in [-0.39, 0.29) is 12.5 Å². The summed E-state index contributed by atoms with van der Waals surface area (Å²) < 4.78 is 1.85. The third-order valence-corrected chi connectivity index (χ3v) is 4.64. The highest BCUT2D eigenvalue weighted by Gasteiger charge is 2.13. The number of carbonyl (C=O) groups excluding carboxylic acids is 1. The number of halogens is 1. The van der Waals surface area contributed by atoms with Crippen molar-refractivity contribution in [2.75, 3.05) is 0 Å². The number of amides is 1. The number of nitrogens with two attached hydrogens (primary N) is 1. The van der Waals surface area contributed by atoms with Crippen LogP contribution < -0.4 is 5.73 Å². The summed E-state index contributed by atoms with van der Waals surface area (Å²) >= 11 is 7.72. The standard InChI is InChI=1S/C16H14ClN3OS/c17-12-6-2-1-5-11(12)10-22-16-19-13-7-3-4-8-14(13)20(16)9-15(18)21/h1-8H,9-10H2,(H2,18,21). The first-order valence-corrected chi connectivity index (χ1v) is 8.11. The van der Waals surface area contributed by atoms with Gasteiger partial charge in [0.2, 0.25) is 5.91 Å². The zero-order valence-electron chi connectivity index (χ0n) is 11.7. The zero-order chi connectivity index (χ0) is 15.5. The van der Waals surface area contributed by atoms with Crippen LogP contribution in [0, 0.1) is 0 Å². The third kappa shape index (κ3) is 3.10. The van der Waals surface area contributed by atoms with E-state index in [0.717, 1.165) is 26.8 Å². The zero-order valence-corrected chi connectivity index (χ0v) is 13.3.